The molecule has 0 unspecified atom stereocenters. The molecule has 9 nitrogen and oxygen atoms in total. The van der Waals surface area contributed by atoms with Crippen LogP contribution in [0.2, 0.25) is 0 Å². The Balaban J connectivity index is 1.98. The summed E-state index contributed by atoms with van der Waals surface area (Å²) in [5.41, 5.74) is 12.3. The minimum Gasteiger partial charge on any atom is -0.493 e. The first-order valence-electron chi connectivity index (χ1n) is 11.5. The van der Waals surface area contributed by atoms with E-state index < -0.39 is 6.03 Å². The summed E-state index contributed by atoms with van der Waals surface area (Å²) >= 11 is 0. The van der Waals surface area contributed by atoms with E-state index in [9.17, 15) is 9.59 Å². The molecule has 3 aromatic rings. The fourth-order valence-electron chi connectivity index (χ4n) is 4.72. The molecule has 0 fully saturated rings. The van der Waals surface area contributed by atoms with Crippen molar-refractivity contribution in [3.8, 4) is 22.8 Å². The largest absolute Gasteiger partial charge is 0.493 e. The van der Waals surface area contributed by atoms with E-state index in [0.717, 1.165) is 39.2 Å². The zero-order valence-electron chi connectivity index (χ0n) is 20.8. The maximum atomic E-state index is 13.7. The lowest BCUT2D eigenvalue weighted by atomic mass is 9.97. The van der Waals surface area contributed by atoms with E-state index in [-0.39, 0.29) is 18.8 Å². The normalized spacial score (nSPS) is 12.7. The molecule has 0 radical (unpaired) electrons. The molecule has 0 bridgehead atoms. The summed E-state index contributed by atoms with van der Waals surface area (Å²) in [6.07, 6.45) is 0.675. The number of carbonyl (C=O) groups excluding carboxylic acids is 1. The van der Waals surface area contributed by atoms with Gasteiger partial charge in [0.2, 0.25) is 0 Å². The van der Waals surface area contributed by atoms with Crippen molar-refractivity contribution in [3.63, 3.8) is 0 Å². The number of nitrogens with one attached hydrogen (secondary N) is 1. The zero-order chi connectivity index (χ0) is 25.3. The Morgan fingerprint density at radius 3 is 2.34 bits per heavy atom. The lowest BCUT2D eigenvalue weighted by Gasteiger charge is -2.24. The smallest absolute Gasteiger partial charge is 0.330 e. The van der Waals surface area contributed by atoms with Crippen molar-refractivity contribution in [2.75, 3.05) is 20.8 Å². The number of urea groups is 1. The summed E-state index contributed by atoms with van der Waals surface area (Å²) in [6, 6.07) is 9.30. The van der Waals surface area contributed by atoms with Crippen LogP contribution in [-0.4, -0.2) is 35.9 Å². The monoisotopic (exact) mass is 477 g/mol. The molecule has 0 saturated carbocycles. The number of methoxy groups -OCH3 is 2. The molecule has 2 amide bonds. The van der Waals surface area contributed by atoms with Crippen LogP contribution in [0.1, 0.15) is 22.3 Å². The van der Waals surface area contributed by atoms with Gasteiger partial charge in [-0.15, -0.1) is 0 Å². The Morgan fingerprint density at radius 1 is 1.06 bits per heavy atom. The van der Waals surface area contributed by atoms with Crippen molar-refractivity contribution in [3.05, 3.63) is 68.6 Å². The van der Waals surface area contributed by atoms with Gasteiger partial charge >= 0.3 is 11.7 Å². The maximum Gasteiger partial charge on any atom is 0.330 e. The summed E-state index contributed by atoms with van der Waals surface area (Å²) in [5.74, 6) is 1.25. The van der Waals surface area contributed by atoms with E-state index in [2.05, 4.69) is 17.4 Å². The number of hydrogen-bond donors (Lipinski definition) is 2. The van der Waals surface area contributed by atoms with Gasteiger partial charge in [0, 0.05) is 31.3 Å². The number of ether oxygens (including phenoxy) is 2. The van der Waals surface area contributed by atoms with Gasteiger partial charge in [0.25, 0.3) is 0 Å². The number of carbonyl (C=O) groups is 1. The van der Waals surface area contributed by atoms with Crippen LogP contribution in [0.25, 0.3) is 11.3 Å². The molecular formula is C26H31N5O4. The van der Waals surface area contributed by atoms with Gasteiger partial charge in [0.15, 0.2) is 11.5 Å². The molecule has 2 aromatic carbocycles. The Kier molecular flexibility index (Phi) is 6.68. The second-order valence-electron chi connectivity index (χ2n) is 8.74. The van der Waals surface area contributed by atoms with E-state index in [0.29, 0.717) is 30.0 Å². The fourth-order valence-corrected chi connectivity index (χ4v) is 4.72. The Bertz CT molecular complexity index is 1410. The van der Waals surface area contributed by atoms with Gasteiger partial charge in [-0.3, -0.25) is 9.13 Å². The maximum absolute atomic E-state index is 13.7. The van der Waals surface area contributed by atoms with Gasteiger partial charge in [-0.1, -0.05) is 17.7 Å². The van der Waals surface area contributed by atoms with Crippen LogP contribution in [-0.2, 0) is 19.5 Å². The molecule has 0 saturated heterocycles. The summed E-state index contributed by atoms with van der Waals surface area (Å²) < 4.78 is 14.3. The third-order valence-corrected chi connectivity index (χ3v) is 6.28. The SMILES string of the molecule is COc1cc2c(cc1OC)-c1c/c(=N\c3c(C)cc(C)cc3C)n(CCNC(N)=O)c(=O)n1CC2. The summed E-state index contributed by atoms with van der Waals surface area (Å²) in [4.78, 5) is 29.9. The lowest BCUT2D eigenvalue weighted by molar-refractivity contribution is 0.248. The van der Waals surface area contributed by atoms with E-state index in [1.807, 2.05) is 39.0 Å². The summed E-state index contributed by atoms with van der Waals surface area (Å²) in [7, 11) is 3.20. The number of nitrogens with zero attached hydrogens (tertiary/aromatic N) is 3. The lowest BCUT2D eigenvalue weighted by Crippen LogP contribution is -2.44. The zero-order valence-corrected chi connectivity index (χ0v) is 20.8. The van der Waals surface area contributed by atoms with Crippen LogP contribution in [0, 0.1) is 20.8 Å². The molecule has 1 aliphatic heterocycles. The third-order valence-electron chi connectivity index (χ3n) is 6.28. The predicted molar refractivity (Wildman–Crippen MR) is 134 cm³/mol. The third kappa shape index (κ3) is 4.66. The first-order chi connectivity index (χ1) is 16.7. The average Bonchev–Trinajstić information content (AvgIpc) is 2.81. The number of fused-ring (bicyclic) bond motifs is 3. The number of aromatic nitrogens is 2. The van der Waals surface area contributed by atoms with Crippen LogP contribution in [0.4, 0.5) is 10.5 Å². The van der Waals surface area contributed by atoms with Gasteiger partial charge in [0.1, 0.15) is 5.49 Å². The first kappa shape index (κ1) is 24.1. The van der Waals surface area contributed by atoms with Crippen molar-refractivity contribution >= 4 is 11.7 Å². The van der Waals surface area contributed by atoms with Gasteiger partial charge in [0.05, 0.1) is 25.6 Å². The fraction of sp³-hybridized carbons (Fsp3) is 0.346. The number of aryl methyl sites for hydroxylation is 4. The highest BCUT2D eigenvalue weighted by molar-refractivity contribution is 5.71. The number of amides is 2. The number of hydrogen-bond acceptors (Lipinski definition) is 5. The van der Waals surface area contributed by atoms with E-state index in [1.165, 1.54) is 0 Å². The van der Waals surface area contributed by atoms with Crippen LogP contribution in [0.15, 0.2) is 40.1 Å². The molecule has 35 heavy (non-hydrogen) atoms. The number of rotatable bonds is 6. The number of benzene rings is 2. The van der Waals surface area contributed by atoms with Crippen LogP contribution in [0.3, 0.4) is 0 Å². The molecular weight excluding hydrogens is 446 g/mol. The molecule has 3 N–H and O–H groups in total. The van der Waals surface area contributed by atoms with Gasteiger partial charge in [-0.05, 0) is 56.0 Å². The second-order valence-corrected chi connectivity index (χ2v) is 8.74. The molecule has 1 aliphatic rings. The topological polar surface area (TPSA) is 113 Å². The van der Waals surface area contributed by atoms with Crippen LogP contribution < -0.4 is 31.7 Å². The van der Waals surface area contributed by atoms with Gasteiger partial charge in [-0.2, -0.15) is 0 Å². The van der Waals surface area contributed by atoms with E-state index in [4.69, 9.17) is 20.2 Å². The van der Waals surface area contributed by atoms with Crippen molar-refractivity contribution in [2.24, 2.45) is 10.7 Å². The van der Waals surface area contributed by atoms with E-state index >= 15 is 0 Å². The van der Waals surface area contributed by atoms with E-state index in [1.54, 1.807) is 23.4 Å². The first-order valence-corrected chi connectivity index (χ1v) is 11.5. The van der Waals surface area contributed by atoms with Crippen molar-refractivity contribution in [1.82, 2.24) is 14.5 Å². The highest BCUT2D eigenvalue weighted by Gasteiger charge is 2.22. The Labute approximate surface area is 203 Å². The van der Waals surface area contributed by atoms with Crippen LogP contribution in [0.5, 0.6) is 11.5 Å². The Morgan fingerprint density at radius 2 is 1.71 bits per heavy atom. The minimum absolute atomic E-state index is 0.199. The molecule has 4 rings (SSSR count). The highest BCUT2D eigenvalue weighted by Crippen LogP contribution is 2.37. The molecule has 0 aliphatic carbocycles. The second kappa shape index (κ2) is 9.69. The number of nitrogens with two attached hydrogens (primary N) is 1. The number of primary amides is 1. The van der Waals surface area contributed by atoms with Crippen molar-refractivity contribution in [1.29, 1.82) is 0 Å². The summed E-state index contributed by atoms with van der Waals surface area (Å²) in [6.45, 7) is 7.03. The molecule has 1 aromatic heterocycles. The molecule has 0 spiro atoms. The molecule has 2 heterocycles. The Hall–Kier alpha value is -4.01. The molecule has 9 heteroatoms. The highest BCUT2D eigenvalue weighted by atomic mass is 16.5. The summed E-state index contributed by atoms with van der Waals surface area (Å²) in [5, 5.41) is 2.56. The quantitative estimate of drug-likeness (QED) is 0.568. The van der Waals surface area contributed by atoms with Crippen LogP contribution >= 0.6 is 0 Å². The standard InChI is InChI=1S/C26H31N5O4/c1-15-10-16(2)24(17(3)11-15)29-23-14-20-19-13-22(35-5)21(34-4)12-18(19)6-8-30(20)26(33)31(23)9-7-28-25(27)32/h10-14H,6-9H2,1-5H3,(H3,27,28,32)/b29-23+. The molecule has 184 valence electrons. The van der Waals surface area contributed by atoms with Gasteiger partial charge < -0.3 is 20.5 Å². The van der Waals surface area contributed by atoms with Crippen molar-refractivity contribution in [2.45, 2.75) is 40.3 Å². The van der Waals surface area contributed by atoms with Gasteiger partial charge in [-0.25, -0.2) is 14.6 Å². The predicted octanol–water partition coefficient (Wildman–Crippen LogP) is 2.72. The average molecular weight is 478 g/mol. The van der Waals surface area contributed by atoms with Crippen molar-refractivity contribution < 1.29 is 14.3 Å². The molecule has 0 atom stereocenters. The minimum atomic E-state index is -0.637.